The highest BCUT2D eigenvalue weighted by Crippen LogP contribution is 2.34. The molecule has 25 heavy (non-hydrogen) atoms. The van der Waals surface area contributed by atoms with Gasteiger partial charge in [0.15, 0.2) is 0 Å². The van der Waals surface area contributed by atoms with E-state index in [1.165, 1.54) is 4.52 Å². The minimum atomic E-state index is -0.382. The number of aromatic hydroxyl groups is 1. The third-order valence-corrected chi connectivity index (χ3v) is 4.11. The van der Waals surface area contributed by atoms with Crippen molar-refractivity contribution in [2.24, 2.45) is 0 Å². The maximum absolute atomic E-state index is 12.6. The zero-order valence-corrected chi connectivity index (χ0v) is 13.4. The highest BCUT2D eigenvalue weighted by atomic mass is 16.5. The fraction of sp³-hybridized carbons (Fsp3) is 0.0526. The summed E-state index contributed by atoms with van der Waals surface area (Å²) in [4.78, 5) is 15.4. The van der Waals surface area contributed by atoms with Gasteiger partial charge >= 0.3 is 0 Å². The van der Waals surface area contributed by atoms with Gasteiger partial charge in [0.2, 0.25) is 5.88 Å². The molecule has 2 N–H and O–H groups in total. The molecule has 0 saturated heterocycles. The Morgan fingerprint density at radius 2 is 1.76 bits per heavy atom. The molecule has 4 aromatic rings. The second kappa shape index (κ2) is 5.83. The van der Waals surface area contributed by atoms with Gasteiger partial charge in [-0.15, -0.1) is 0 Å². The largest absolute Gasteiger partial charge is 0.496 e. The number of H-pyrrole nitrogens is 1. The van der Waals surface area contributed by atoms with Crippen LogP contribution in [0.3, 0.4) is 0 Å². The van der Waals surface area contributed by atoms with E-state index in [1.54, 1.807) is 25.4 Å². The number of fused-ring (bicyclic) bond motifs is 1. The molecule has 0 atom stereocenters. The van der Waals surface area contributed by atoms with Crippen molar-refractivity contribution in [2.45, 2.75) is 0 Å². The molecular weight excluding hydrogens is 318 g/mol. The Labute approximate surface area is 143 Å². The molecule has 0 fully saturated rings. The molecule has 0 saturated carbocycles. The fourth-order valence-electron chi connectivity index (χ4n) is 2.94. The maximum Gasteiger partial charge on any atom is 0.262 e. The predicted molar refractivity (Wildman–Crippen MR) is 94.9 cm³/mol. The van der Waals surface area contributed by atoms with E-state index in [9.17, 15) is 9.90 Å². The Morgan fingerprint density at radius 3 is 2.52 bits per heavy atom. The number of benzene rings is 2. The summed E-state index contributed by atoms with van der Waals surface area (Å²) in [6, 6.07) is 16.4. The van der Waals surface area contributed by atoms with Crippen LogP contribution in [-0.4, -0.2) is 26.8 Å². The Hall–Kier alpha value is -3.54. The van der Waals surface area contributed by atoms with E-state index >= 15 is 0 Å². The topological polar surface area (TPSA) is 79.6 Å². The van der Waals surface area contributed by atoms with Gasteiger partial charge in [0.25, 0.3) is 5.56 Å². The molecule has 2 aromatic carbocycles. The maximum atomic E-state index is 12.6. The van der Waals surface area contributed by atoms with Crippen LogP contribution in [0.25, 0.3) is 27.9 Å². The van der Waals surface area contributed by atoms with Gasteiger partial charge in [0.05, 0.1) is 13.3 Å². The van der Waals surface area contributed by atoms with Crippen LogP contribution in [0.1, 0.15) is 0 Å². The second-order valence-corrected chi connectivity index (χ2v) is 5.54. The number of hydrogen-bond donors (Lipinski definition) is 2. The number of aromatic nitrogens is 3. The normalized spacial score (nSPS) is 10.9. The van der Waals surface area contributed by atoms with Crippen LogP contribution in [-0.2, 0) is 0 Å². The first-order chi connectivity index (χ1) is 12.2. The minimum absolute atomic E-state index is 0.183. The van der Waals surface area contributed by atoms with E-state index in [4.69, 9.17) is 4.74 Å². The van der Waals surface area contributed by atoms with Crippen molar-refractivity contribution >= 4 is 5.65 Å². The van der Waals surface area contributed by atoms with E-state index in [-0.39, 0.29) is 17.0 Å². The zero-order valence-electron chi connectivity index (χ0n) is 13.4. The molecule has 0 aliphatic heterocycles. The molecule has 0 aliphatic carbocycles. The highest BCUT2D eigenvalue weighted by Gasteiger charge is 2.19. The van der Waals surface area contributed by atoms with Crippen molar-refractivity contribution < 1.29 is 9.84 Å². The number of hydrogen-bond acceptors (Lipinski definition) is 4. The van der Waals surface area contributed by atoms with Crippen molar-refractivity contribution in [3.05, 3.63) is 71.1 Å². The van der Waals surface area contributed by atoms with Crippen molar-refractivity contribution in [1.82, 2.24) is 14.6 Å². The zero-order chi connectivity index (χ0) is 17.4. The predicted octanol–water partition coefficient (Wildman–Crippen LogP) is 3.07. The Morgan fingerprint density at radius 1 is 1.04 bits per heavy atom. The molecule has 2 heterocycles. The lowest BCUT2D eigenvalue weighted by atomic mass is 10.1. The summed E-state index contributed by atoms with van der Waals surface area (Å²) in [6.07, 6.45) is 1.59. The van der Waals surface area contributed by atoms with E-state index in [2.05, 4.69) is 10.1 Å². The number of aromatic amines is 1. The van der Waals surface area contributed by atoms with Gasteiger partial charge in [-0.1, -0.05) is 48.5 Å². The van der Waals surface area contributed by atoms with Gasteiger partial charge < -0.3 is 14.8 Å². The molecule has 0 unspecified atom stereocenters. The number of nitrogens with one attached hydrogen (secondary N) is 1. The van der Waals surface area contributed by atoms with Crippen LogP contribution in [0.5, 0.6) is 11.6 Å². The minimum Gasteiger partial charge on any atom is -0.496 e. The van der Waals surface area contributed by atoms with Crippen molar-refractivity contribution in [1.29, 1.82) is 0 Å². The highest BCUT2D eigenvalue weighted by molar-refractivity contribution is 5.82. The quantitative estimate of drug-likeness (QED) is 0.604. The molecule has 0 bridgehead atoms. The number of ether oxygens (including phenoxy) is 1. The van der Waals surface area contributed by atoms with Gasteiger partial charge in [-0.25, -0.2) is 0 Å². The van der Waals surface area contributed by atoms with Crippen LogP contribution in [0.2, 0.25) is 0 Å². The molecule has 4 rings (SSSR count). The van der Waals surface area contributed by atoms with Gasteiger partial charge in [0, 0.05) is 11.1 Å². The first-order valence-corrected chi connectivity index (χ1v) is 7.72. The lowest BCUT2D eigenvalue weighted by Gasteiger charge is -2.08. The smallest absolute Gasteiger partial charge is 0.262 e. The number of rotatable bonds is 3. The Kier molecular flexibility index (Phi) is 3.50. The standard InChI is InChI=1S/C19H15N3O3/c1-25-15-10-6-5-9-13(15)14-11-20-22-17(14)21-18(23)16(19(22)24)12-7-3-2-4-8-12/h2-11,24H,1H3,(H,21,23). The second-order valence-electron chi connectivity index (χ2n) is 5.54. The van der Waals surface area contributed by atoms with E-state index in [0.717, 1.165) is 5.56 Å². The molecule has 0 radical (unpaired) electrons. The molecular formula is C19H15N3O3. The summed E-state index contributed by atoms with van der Waals surface area (Å²) in [7, 11) is 1.58. The first kappa shape index (κ1) is 15.0. The fourth-order valence-corrected chi connectivity index (χ4v) is 2.94. The Bertz CT molecular complexity index is 1110. The van der Waals surface area contributed by atoms with Gasteiger partial charge in [-0.3, -0.25) is 4.79 Å². The summed E-state index contributed by atoms with van der Waals surface area (Å²) in [5, 5.41) is 14.9. The van der Waals surface area contributed by atoms with Gasteiger partial charge in [0.1, 0.15) is 17.0 Å². The van der Waals surface area contributed by atoms with Crippen LogP contribution >= 0.6 is 0 Å². The average molecular weight is 333 g/mol. The molecule has 6 heteroatoms. The van der Waals surface area contributed by atoms with E-state index < -0.39 is 0 Å². The van der Waals surface area contributed by atoms with E-state index in [1.807, 2.05) is 42.5 Å². The summed E-state index contributed by atoms with van der Waals surface area (Å²) in [6.45, 7) is 0. The molecule has 6 nitrogen and oxygen atoms in total. The number of methoxy groups -OCH3 is 1. The number of nitrogens with zero attached hydrogens (tertiary/aromatic N) is 2. The van der Waals surface area contributed by atoms with Crippen LogP contribution in [0.15, 0.2) is 65.6 Å². The first-order valence-electron chi connectivity index (χ1n) is 7.72. The summed E-state index contributed by atoms with van der Waals surface area (Å²) < 4.78 is 6.70. The lowest BCUT2D eigenvalue weighted by molar-refractivity contribution is 0.416. The van der Waals surface area contributed by atoms with Gasteiger partial charge in [-0.2, -0.15) is 9.61 Å². The third-order valence-electron chi connectivity index (χ3n) is 4.11. The van der Waals surface area contributed by atoms with Crippen LogP contribution < -0.4 is 10.3 Å². The van der Waals surface area contributed by atoms with Gasteiger partial charge in [-0.05, 0) is 11.6 Å². The van der Waals surface area contributed by atoms with Crippen LogP contribution in [0, 0.1) is 0 Å². The molecule has 0 spiro atoms. The van der Waals surface area contributed by atoms with Crippen molar-refractivity contribution in [3.8, 4) is 33.9 Å². The molecule has 2 aromatic heterocycles. The molecule has 0 aliphatic rings. The molecule has 124 valence electrons. The summed E-state index contributed by atoms with van der Waals surface area (Å²) in [5.74, 6) is 0.455. The summed E-state index contributed by atoms with van der Waals surface area (Å²) >= 11 is 0. The molecule has 0 amide bonds. The van der Waals surface area contributed by atoms with E-state index in [0.29, 0.717) is 22.5 Å². The monoisotopic (exact) mass is 333 g/mol. The Balaban J connectivity index is 1.99. The lowest BCUT2D eigenvalue weighted by Crippen LogP contribution is -2.12. The third kappa shape index (κ3) is 2.35. The van der Waals surface area contributed by atoms with Crippen molar-refractivity contribution in [2.75, 3.05) is 7.11 Å². The average Bonchev–Trinajstić information content (AvgIpc) is 3.06. The van der Waals surface area contributed by atoms with Crippen molar-refractivity contribution in [3.63, 3.8) is 0 Å². The van der Waals surface area contributed by atoms with Crippen LogP contribution in [0.4, 0.5) is 0 Å². The SMILES string of the molecule is COc1ccccc1-c1cnn2c(O)c(-c3ccccc3)c(=O)[nH]c12. The summed E-state index contributed by atoms with van der Waals surface area (Å²) in [5.41, 5.74) is 2.28. The number of para-hydroxylation sites is 1.